The first-order chi connectivity index (χ1) is 5.43. The van der Waals surface area contributed by atoms with Crippen molar-refractivity contribution in [2.75, 3.05) is 6.67 Å². The molecule has 0 heterocycles. The van der Waals surface area contributed by atoms with E-state index in [-0.39, 0.29) is 0 Å². The van der Waals surface area contributed by atoms with E-state index in [1.54, 1.807) is 0 Å². The molecule has 0 amide bonds. The second-order valence-electron chi connectivity index (χ2n) is 2.39. The first kappa shape index (κ1) is 11.4. The first-order valence-electron chi connectivity index (χ1n) is 3.27. The lowest BCUT2D eigenvalue weighted by atomic mass is 10.1. The summed E-state index contributed by atoms with van der Waals surface area (Å²) in [6.07, 6.45) is -5.44. The van der Waals surface area contributed by atoms with Gasteiger partial charge in [0.15, 0.2) is 6.67 Å². The SMILES string of the molecule is C=CC(F)C(F)CC(F)(F)CF. The quantitative estimate of drug-likeness (QED) is 0.459. The maximum Gasteiger partial charge on any atom is 0.278 e. The number of rotatable bonds is 5. The van der Waals surface area contributed by atoms with Gasteiger partial charge >= 0.3 is 0 Å². The summed E-state index contributed by atoms with van der Waals surface area (Å²) in [5.74, 6) is -3.78. The molecule has 5 heteroatoms. The van der Waals surface area contributed by atoms with Gasteiger partial charge in [-0.05, 0) is 0 Å². The zero-order valence-corrected chi connectivity index (χ0v) is 6.24. The number of halogens is 5. The van der Waals surface area contributed by atoms with Crippen LogP contribution >= 0.6 is 0 Å². The van der Waals surface area contributed by atoms with Crippen molar-refractivity contribution in [1.82, 2.24) is 0 Å². The maximum atomic E-state index is 12.4. The van der Waals surface area contributed by atoms with E-state index in [0.717, 1.165) is 0 Å². The second-order valence-corrected chi connectivity index (χ2v) is 2.39. The minimum atomic E-state index is -3.78. The molecular weight excluding hydrogens is 179 g/mol. The molecule has 2 unspecified atom stereocenters. The molecule has 0 aliphatic carbocycles. The van der Waals surface area contributed by atoms with Crippen LogP contribution in [-0.2, 0) is 0 Å². The Morgan fingerprint density at radius 2 is 1.83 bits per heavy atom. The Balaban J connectivity index is 3.98. The van der Waals surface area contributed by atoms with Gasteiger partial charge in [0, 0.05) is 6.42 Å². The van der Waals surface area contributed by atoms with Gasteiger partial charge in [-0.25, -0.2) is 22.0 Å². The van der Waals surface area contributed by atoms with E-state index in [4.69, 9.17) is 0 Å². The number of hydrogen-bond donors (Lipinski definition) is 0. The van der Waals surface area contributed by atoms with Gasteiger partial charge in [-0.15, -0.1) is 6.58 Å². The second kappa shape index (κ2) is 4.42. The Bertz CT molecular complexity index is 145. The Morgan fingerprint density at radius 1 is 1.33 bits per heavy atom. The smallest absolute Gasteiger partial charge is 0.244 e. The van der Waals surface area contributed by atoms with Crippen molar-refractivity contribution in [2.24, 2.45) is 0 Å². The highest BCUT2D eigenvalue weighted by Crippen LogP contribution is 2.24. The van der Waals surface area contributed by atoms with Crippen molar-refractivity contribution in [3.63, 3.8) is 0 Å². The monoisotopic (exact) mass is 188 g/mol. The fourth-order valence-corrected chi connectivity index (χ4v) is 0.600. The van der Waals surface area contributed by atoms with Crippen LogP contribution in [0.5, 0.6) is 0 Å². The Kier molecular flexibility index (Phi) is 4.20. The average molecular weight is 188 g/mol. The minimum Gasteiger partial charge on any atom is -0.244 e. The van der Waals surface area contributed by atoms with E-state index >= 15 is 0 Å². The summed E-state index contributed by atoms with van der Waals surface area (Å²) in [7, 11) is 0. The summed E-state index contributed by atoms with van der Waals surface area (Å²) < 4.78 is 60.2. The summed E-state index contributed by atoms with van der Waals surface area (Å²) in [5.41, 5.74) is 0. The molecule has 2 atom stereocenters. The Hall–Kier alpha value is -0.610. The van der Waals surface area contributed by atoms with Crippen molar-refractivity contribution < 1.29 is 22.0 Å². The lowest BCUT2D eigenvalue weighted by Crippen LogP contribution is -2.28. The summed E-state index contributed by atoms with van der Waals surface area (Å²) in [5, 5.41) is 0. The topological polar surface area (TPSA) is 0 Å². The van der Waals surface area contributed by atoms with E-state index in [0.29, 0.717) is 6.08 Å². The van der Waals surface area contributed by atoms with Crippen LogP contribution in [0.4, 0.5) is 22.0 Å². The Morgan fingerprint density at radius 3 is 2.17 bits per heavy atom. The fourth-order valence-electron chi connectivity index (χ4n) is 0.600. The molecule has 0 aliphatic heterocycles. The van der Waals surface area contributed by atoms with Gasteiger partial charge in [-0.3, -0.25) is 0 Å². The third-order valence-electron chi connectivity index (χ3n) is 1.26. The number of alkyl halides is 5. The lowest BCUT2D eigenvalue weighted by Gasteiger charge is -2.16. The van der Waals surface area contributed by atoms with Gasteiger partial charge in [0.1, 0.15) is 12.3 Å². The highest BCUT2D eigenvalue weighted by Gasteiger charge is 2.35. The van der Waals surface area contributed by atoms with E-state index in [2.05, 4.69) is 6.58 Å². The molecule has 0 radical (unpaired) electrons. The van der Waals surface area contributed by atoms with Gasteiger partial charge in [0.05, 0.1) is 0 Å². The molecule has 0 bridgehead atoms. The standard InChI is InChI=1S/C7H9F5/c1-2-5(9)6(10)3-7(11,12)4-8/h2,5-6H,1,3-4H2. The molecule has 0 aromatic rings. The number of allylic oxidation sites excluding steroid dienone is 1. The molecule has 0 aromatic heterocycles. The van der Waals surface area contributed by atoms with Crippen molar-refractivity contribution in [3.05, 3.63) is 12.7 Å². The molecule has 0 rings (SSSR count). The minimum absolute atomic E-state index is 0.568. The molecular formula is C7H9F5. The van der Waals surface area contributed by atoms with E-state index in [9.17, 15) is 22.0 Å². The van der Waals surface area contributed by atoms with Crippen LogP contribution in [0.15, 0.2) is 12.7 Å². The fraction of sp³-hybridized carbons (Fsp3) is 0.714. The van der Waals surface area contributed by atoms with E-state index in [1.807, 2.05) is 0 Å². The molecule has 0 saturated heterocycles. The Labute approximate surface area is 67.1 Å². The van der Waals surface area contributed by atoms with Crippen molar-refractivity contribution in [1.29, 1.82) is 0 Å². The summed E-state index contributed by atoms with van der Waals surface area (Å²) in [4.78, 5) is 0. The van der Waals surface area contributed by atoms with Gasteiger partial charge in [0.2, 0.25) is 0 Å². The van der Waals surface area contributed by atoms with Gasteiger partial charge < -0.3 is 0 Å². The molecule has 0 saturated carbocycles. The predicted octanol–water partition coefficient (Wildman–Crippen LogP) is 2.84. The largest absolute Gasteiger partial charge is 0.278 e. The lowest BCUT2D eigenvalue weighted by molar-refractivity contribution is -0.0545. The van der Waals surface area contributed by atoms with Crippen molar-refractivity contribution in [3.8, 4) is 0 Å². The average Bonchev–Trinajstić information content (AvgIpc) is 2.02. The zero-order chi connectivity index (χ0) is 9.78. The molecule has 72 valence electrons. The molecule has 0 nitrogen and oxygen atoms in total. The molecule has 0 aliphatic rings. The molecule has 0 aromatic carbocycles. The van der Waals surface area contributed by atoms with Crippen LogP contribution < -0.4 is 0 Å². The molecule has 0 fully saturated rings. The summed E-state index contributed by atoms with van der Waals surface area (Å²) in [6, 6.07) is 0. The highest BCUT2D eigenvalue weighted by molar-refractivity contribution is 4.87. The summed E-state index contributed by atoms with van der Waals surface area (Å²) >= 11 is 0. The molecule has 0 N–H and O–H groups in total. The van der Waals surface area contributed by atoms with Crippen molar-refractivity contribution in [2.45, 2.75) is 24.7 Å². The third-order valence-corrected chi connectivity index (χ3v) is 1.26. The normalized spacial score (nSPS) is 17.1. The van der Waals surface area contributed by atoms with E-state index in [1.165, 1.54) is 0 Å². The van der Waals surface area contributed by atoms with Crippen molar-refractivity contribution >= 4 is 0 Å². The molecule has 0 spiro atoms. The molecule has 12 heavy (non-hydrogen) atoms. The van der Waals surface area contributed by atoms with E-state index < -0.39 is 31.4 Å². The van der Waals surface area contributed by atoms with Crippen LogP contribution in [-0.4, -0.2) is 24.9 Å². The van der Waals surface area contributed by atoms with Gasteiger partial charge in [-0.1, -0.05) is 6.08 Å². The van der Waals surface area contributed by atoms with Gasteiger partial charge in [0.25, 0.3) is 5.92 Å². The maximum absolute atomic E-state index is 12.4. The highest BCUT2D eigenvalue weighted by atomic mass is 19.3. The van der Waals surface area contributed by atoms with Crippen LogP contribution in [0.2, 0.25) is 0 Å². The van der Waals surface area contributed by atoms with Crippen LogP contribution in [0.3, 0.4) is 0 Å². The zero-order valence-electron chi connectivity index (χ0n) is 6.24. The van der Waals surface area contributed by atoms with Crippen LogP contribution in [0.1, 0.15) is 6.42 Å². The third kappa shape index (κ3) is 3.69. The van der Waals surface area contributed by atoms with Crippen LogP contribution in [0, 0.1) is 0 Å². The first-order valence-corrected chi connectivity index (χ1v) is 3.27. The summed E-state index contributed by atoms with van der Waals surface area (Å²) in [6.45, 7) is 0.909. The number of hydrogen-bond acceptors (Lipinski definition) is 0. The predicted molar refractivity (Wildman–Crippen MR) is 35.5 cm³/mol. The van der Waals surface area contributed by atoms with Gasteiger partial charge in [-0.2, -0.15) is 0 Å². The van der Waals surface area contributed by atoms with Crippen LogP contribution in [0.25, 0.3) is 0 Å².